The van der Waals surface area contributed by atoms with Gasteiger partial charge in [0.2, 0.25) is 5.91 Å². The van der Waals surface area contributed by atoms with E-state index >= 15 is 0 Å². The van der Waals surface area contributed by atoms with Crippen molar-refractivity contribution in [2.24, 2.45) is 4.99 Å². The SMILES string of the molecule is C=CCN=CC1C(=O)N(c2cccc(Cl)c2)C(=O)c2ccccc21. The third kappa shape index (κ3) is 2.88. The molecule has 2 amide bonds. The standard InChI is InChI=1S/C19H15ClN2O2/c1-2-10-21-12-17-15-8-3-4-9-16(15)18(23)22(19(17)24)14-7-5-6-13(20)11-14/h2-9,11-12,17H,1,10H2. The zero-order valence-electron chi connectivity index (χ0n) is 12.9. The number of amides is 2. The number of fused-ring (bicyclic) bond motifs is 1. The summed E-state index contributed by atoms with van der Waals surface area (Å²) in [5.74, 6) is -1.31. The fourth-order valence-electron chi connectivity index (χ4n) is 2.70. The van der Waals surface area contributed by atoms with Gasteiger partial charge < -0.3 is 0 Å². The van der Waals surface area contributed by atoms with Crippen LogP contribution in [0.5, 0.6) is 0 Å². The number of imide groups is 1. The van der Waals surface area contributed by atoms with E-state index in [0.717, 1.165) is 0 Å². The molecule has 2 aromatic rings. The van der Waals surface area contributed by atoms with Gasteiger partial charge in [-0.15, -0.1) is 6.58 Å². The number of carbonyl (C=O) groups is 2. The molecule has 0 saturated carbocycles. The van der Waals surface area contributed by atoms with Gasteiger partial charge in [-0.3, -0.25) is 14.6 Å². The first-order valence-corrected chi connectivity index (χ1v) is 7.85. The van der Waals surface area contributed by atoms with Crippen LogP contribution in [0, 0.1) is 0 Å². The lowest BCUT2D eigenvalue weighted by Gasteiger charge is -2.31. The molecular formula is C19H15ClN2O2. The summed E-state index contributed by atoms with van der Waals surface area (Å²) in [5.41, 5.74) is 1.61. The van der Waals surface area contributed by atoms with E-state index in [2.05, 4.69) is 11.6 Å². The highest BCUT2D eigenvalue weighted by Gasteiger charge is 2.38. The minimum Gasteiger partial charge on any atom is -0.292 e. The average Bonchev–Trinajstić information content (AvgIpc) is 2.58. The van der Waals surface area contributed by atoms with Crippen molar-refractivity contribution in [1.29, 1.82) is 0 Å². The first-order chi connectivity index (χ1) is 11.6. The minimum absolute atomic E-state index is 0.339. The molecule has 1 aliphatic heterocycles. The summed E-state index contributed by atoms with van der Waals surface area (Å²) in [6, 6.07) is 13.8. The molecule has 120 valence electrons. The molecule has 0 aromatic heterocycles. The number of aliphatic imine (C=N–C) groups is 1. The lowest BCUT2D eigenvalue weighted by Crippen LogP contribution is -2.45. The molecule has 24 heavy (non-hydrogen) atoms. The molecule has 5 heteroatoms. The summed E-state index contributed by atoms with van der Waals surface area (Å²) in [7, 11) is 0. The van der Waals surface area contributed by atoms with Crippen molar-refractivity contribution in [2.45, 2.75) is 5.92 Å². The van der Waals surface area contributed by atoms with Crippen LogP contribution < -0.4 is 4.90 Å². The number of hydrogen-bond acceptors (Lipinski definition) is 3. The maximum Gasteiger partial charge on any atom is 0.265 e. The van der Waals surface area contributed by atoms with Crippen LogP contribution in [-0.4, -0.2) is 24.6 Å². The molecule has 1 unspecified atom stereocenters. The number of carbonyl (C=O) groups excluding carboxylic acids is 2. The monoisotopic (exact) mass is 338 g/mol. The van der Waals surface area contributed by atoms with Crippen molar-refractivity contribution in [3.8, 4) is 0 Å². The van der Waals surface area contributed by atoms with Gasteiger partial charge in [0.05, 0.1) is 18.2 Å². The third-order valence-electron chi connectivity index (χ3n) is 3.77. The van der Waals surface area contributed by atoms with Crippen LogP contribution in [0.4, 0.5) is 5.69 Å². The highest BCUT2D eigenvalue weighted by molar-refractivity contribution is 6.32. The second-order valence-electron chi connectivity index (χ2n) is 5.33. The lowest BCUT2D eigenvalue weighted by atomic mass is 9.89. The third-order valence-corrected chi connectivity index (χ3v) is 4.01. The fraction of sp³-hybridized carbons (Fsp3) is 0.105. The summed E-state index contributed by atoms with van der Waals surface area (Å²) in [6.07, 6.45) is 3.22. The number of hydrogen-bond donors (Lipinski definition) is 0. The minimum atomic E-state index is -0.613. The van der Waals surface area contributed by atoms with Gasteiger partial charge in [-0.2, -0.15) is 0 Å². The Morgan fingerprint density at radius 3 is 2.71 bits per heavy atom. The second-order valence-corrected chi connectivity index (χ2v) is 5.76. The van der Waals surface area contributed by atoms with Crippen LogP contribution in [0.3, 0.4) is 0 Å². The molecule has 1 aliphatic rings. The van der Waals surface area contributed by atoms with Crippen molar-refractivity contribution in [3.63, 3.8) is 0 Å². The van der Waals surface area contributed by atoms with Crippen LogP contribution >= 0.6 is 11.6 Å². The molecule has 0 spiro atoms. The van der Waals surface area contributed by atoms with Gasteiger partial charge in [0.25, 0.3) is 5.91 Å². The Morgan fingerprint density at radius 1 is 1.17 bits per heavy atom. The lowest BCUT2D eigenvalue weighted by molar-refractivity contribution is -0.118. The normalized spacial score (nSPS) is 17.2. The van der Waals surface area contributed by atoms with Crippen LogP contribution in [0.1, 0.15) is 21.8 Å². The summed E-state index contributed by atoms with van der Waals surface area (Å²) in [5, 5.41) is 0.462. The van der Waals surface area contributed by atoms with Gasteiger partial charge in [0.1, 0.15) is 0 Å². The Kier molecular flexibility index (Phi) is 4.58. The van der Waals surface area contributed by atoms with E-state index in [-0.39, 0.29) is 11.8 Å². The predicted octanol–water partition coefficient (Wildman–Crippen LogP) is 3.87. The predicted molar refractivity (Wildman–Crippen MR) is 96.0 cm³/mol. The largest absolute Gasteiger partial charge is 0.292 e. The smallest absolute Gasteiger partial charge is 0.265 e. The number of rotatable bonds is 4. The number of benzene rings is 2. The van der Waals surface area contributed by atoms with Gasteiger partial charge in [0.15, 0.2) is 0 Å². The van der Waals surface area contributed by atoms with Crippen LogP contribution in [0.15, 0.2) is 66.2 Å². The number of nitrogens with zero attached hydrogens (tertiary/aromatic N) is 2. The Hall–Kier alpha value is -2.72. The van der Waals surface area contributed by atoms with Crippen molar-refractivity contribution in [2.75, 3.05) is 11.4 Å². The fourth-order valence-corrected chi connectivity index (χ4v) is 2.88. The molecule has 0 saturated heterocycles. The molecule has 0 bridgehead atoms. The Balaban J connectivity index is 2.11. The Bertz CT molecular complexity index is 845. The highest BCUT2D eigenvalue weighted by atomic mass is 35.5. The maximum atomic E-state index is 12.9. The molecule has 1 heterocycles. The molecule has 2 aromatic carbocycles. The average molecular weight is 339 g/mol. The van der Waals surface area contributed by atoms with E-state index in [1.165, 1.54) is 4.90 Å². The molecule has 3 rings (SSSR count). The van der Waals surface area contributed by atoms with E-state index in [4.69, 9.17) is 11.6 Å². The summed E-state index contributed by atoms with van der Waals surface area (Å²) >= 11 is 6.01. The van der Waals surface area contributed by atoms with Gasteiger partial charge in [-0.25, -0.2) is 4.90 Å². The number of anilines is 1. The van der Waals surface area contributed by atoms with Crippen LogP contribution in [0.25, 0.3) is 0 Å². The summed E-state index contributed by atoms with van der Waals surface area (Å²) in [6.45, 7) is 4.03. The van der Waals surface area contributed by atoms with Crippen molar-refractivity contribution in [3.05, 3.63) is 77.3 Å². The van der Waals surface area contributed by atoms with Gasteiger partial charge in [-0.05, 0) is 29.8 Å². The van der Waals surface area contributed by atoms with Gasteiger partial charge in [0, 0.05) is 16.8 Å². The molecule has 1 atom stereocenters. The highest BCUT2D eigenvalue weighted by Crippen LogP contribution is 2.32. The molecule has 0 aliphatic carbocycles. The molecule has 0 fully saturated rings. The van der Waals surface area contributed by atoms with E-state index in [1.807, 2.05) is 6.07 Å². The van der Waals surface area contributed by atoms with E-state index in [9.17, 15) is 9.59 Å². The first kappa shape index (κ1) is 16.1. The topological polar surface area (TPSA) is 49.7 Å². The van der Waals surface area contributed by atoms with Crippen molar-refractivity contribution < 1.29 is 9.59 Å². The molecular weight excluding hydrogens is 324 g/mol. The first-order valence-electron chi connectivity index (χ1n) is 7.47. The van der Waals surface area contributed by atoms with E-state index in [1.54, 1.807) is 54.8 Å². The molecule has 0 radical (unpaired) electrons. The maximum absolute atomic E-state index is 12.9. The van der Waals surface area contributed by atoms with Crippen molar-refractivity contribution >= 4 is 35.3 Å². The molecule has 4 nitrogen and oxygen atoms in total. The van der Waals surface area contributed by atoms with Gasteiger partial charge in [-0.1, -0.05) is 41.9 Å². The Morgan fingerprint density at radius 2 is 1.96 bits per heavy atom. The Labute approximate surface area is 145 Å². The zero-order chi connectivity index (χ0) is 17.1. The zero-order valence-corrected chi connectivity index (χ0v) is 13.6. The summed E-state index contributed by atoms with van der Waals surface area (Å²) in [4.78, 5) is 31.1. The van der Waals surface area contributed by atoms with E-state index in [0.29, 0.717) is 28.4 Å². The quantitative estimate of drug-likeness (QED) is 0.483. The number of halogens is 1. The molecule has 0 N–H and O–H groups in total. The van der Waals surface area contributed by atoms with Crippen LogP contribution in [-0.2, 0) is 4.79 Å². The van der Waals surface area contributed by atoms with Crippen molar-refractivity contribution in [1.82, 2.24) is 0 Å². The van der Waals surface area contributed by atoms with E-state index < -0.39 is 5.92 Å². The van der Waals surface area contributed by atoms with Gasteiger partial charge >= 0.3 is 0 Å². The van der Waals surface area contributed by atoms with Crippen LogP contribution in [0.2, 0.25) is 5.02 Å². The summed E-state index contributed by atoms with van der Waals surface area (Å²) < 4.78 is 0. The second kappa shape index (κ2) is 6.81.